The Morgan fingerprint density at radius 3 is 1.69 bits per heavy atom. The lowest BCUT2D eigenvalue weighted by Crippen LogP contribution is -2.25. The Kier molecular flexibility index (Phi) is 5.89. The zero-order valence-electron chi connectivity index (χ0n) is 25.9. The molecule has 4 unspecified atom stereocenters. The molecule has 45 heavy (non-hydrogen) atoms. The molecule has 0 bridgehead atoms. The minimum atomic E-state index is -0.447. The third kappa shape index (κ3) is 3.66. The molecule has 6 aliphatic carbocycles. The Hall–Kier alpha value is -2.88. The van der Waals surface area contributed by atoms with Crippen molar-refractivity contribution in [1.82, 2.24) is 0 Å². The Morgan fingerprint density at radius 2 is 1.13 bits per heavy atom. The number of rotatable bonds is 2. The van der Waals surface area contributed by atoms with Gasteiger partial charge in [0.1, 0.15) is 10.7 Å². The monoisotopic (exact) mass is 654 g/mol. The molecule has 0 aromatic carbocycles. The average Bonchev–Trinajstić information content (AvgIpc) is 3.83. The molecule has 9 rings (SSSR count). The molecule has 9 heteroatoms. The number of ketones is 4. The summed E-state index contributed by atoms with van der Waals surface area (Å²) in [4.78, 5) is 66.1. The Bertz CT molecular complexity index is 1980. The third-order valence-electron chi connectivity index (χ3n) is 11.5. The molecule has 6 aliphatic rings. The van der Waals surface area contributed by atoms with Crippen LogP contribution in [0.5, 0.6) is 0 Å². The van der Waals surface area contributed by atoms with Crippen molar-refractivity contribution in [3.8, 4) is 9.75 Å². The Labute approximate surface area is 273 Å². The first kappa shape index (κ1) is 28.4. The fourth-order valence-corrected chi connectivity index (χ4v) is 13.8. The number of thiophene rings is 3. The summed E-state index contributed by atoms with van der Waals surface area (Å²) in [6.45, 7) is 8.91. The molecule has 0 saturated heterocycles. The molecule has 230 valence electrons. The van der Waals surface area contributed by atoms with Gasteiger partial charge >= 0.3 is 0 Å². The number of fused-ring (bicyclic) bond motifs is 9. The third-order valence-corrected chi connectivity index (χ3v) is 15.2. The van der Waals surface area contributed by atoms with Crippen LogP contribution in [0.2, 0.25) is 0 Å². The summed E-state index contributed by atoms with van der Waals surface area (Å²) in [5.41, 5.74) is 4.26. The second-order valence-corrected chi connectivity index (χ2v) is 17.9. The van der Waals surface area contributed by atoms with Crippen LogP contribution < -0.4 is 0 Å². The van der Waals surface area contributed by atoms with Gasteiger partial charge in [-0.25, -0.2) is 9.98 Å². The van der Waals surface area contributed by atoms with Crippen LogP contribution in [0, 0.1) is 23.7 Å². The Morgan fingerprint density at radius 1 is 0.622 bits per heavy atom. The number of carbonyl (C=O) groups excluding carboxylic acids is 4. The maximum Gasteiger partial charge on any atom is 0.188 e. The fraction of sp³-hybridized carbons (Fsp3) is 0.500. The highest BCUT2D eigenvalue weighted by molar-refractivity contribution is 7.33. The SMILES string of the molecule is CC1(C)C(N=C2C(=O)C3CCCCC3C2=O)=Cc2sc3c(c21)C(C)(C)c1c-3sc2cc(N=C3C(=O)C4CCCCC4C3=O)sc12. The van der Waals surface area contributed by atoms with Crippen LogP contribution in [0.3, 0.4) is 0 Å². The lowest BCUT2D eigenvalue weighted by Gasteiger charge is -2.28. The van der Waals surface area contributed by atoms with Crippen molar-refractivity contribution in [2.75, 3.05) is 0 Å². The number of aliphatic imine (C=N–C) groups is 2. The first-order chi connectivity index (χ1) is 21.5. The van der Waals surface area contributed by atoms with Gasteiger partial charge in [-0.05, 0) is 54.5 Å². The van der Waals surface area contributed by atoms with Gasteiger partial charge in [0.25, 0.3) is 0 Å². The number of allylic oxidation sites excluding steroid dienone is 1. The van der Waals surface area contributed by atoms with Gasteiger partial charge in [-0.1, -0.05) is 53.4 Å². The molecular weight excluding hydrogens is 621 g/mol. The van der Waals surface area contributed by atoms with Crippen LogP contribution in [0.1, 0.15) is 101 Å². The second kappa shape index (κ2) is 9.35. The van der Waals surface area contributed by atoms with E-state index in [-0.39, 0.29) is 63.6 Å². The normalized spacial score (nSPS) is 29.2. The van der Waals surface area contributed by atoms with E-state index in [2.05, 4.69) is 39.8 Å². The number of hydrogen-bond donors (Lipinski definition) is 0. The van der Waals surface area contributed by atoms with Gasteiger partial charge in [0, 0.05) is 49.0 Å². The van der Waals surface area contributed by atoms with E-state index < -0.39 is 5.41 Å². The number of carbonyl (C=O) groups is 4. The summed E-state index contributed by atoms with van der Waals surface area (Å²) in [7, 11) is 0. The molecule has 0 aliphatic heterocycles. The van der Waals surface area contributed by atoms with Crippen molar-refractivity contribution >= 4 is 89.0 Å². The van der Waals surface area contributed by atoms with E-state index in [1.165, 1.54) is 36.0 Å². The summed E-state index contributed by atoms with van der Waals surface area (Å²) in [5, 5.41) is 0.734. The van der Waals surface area contributed by atoms with Crippen LogP contribution in [0.15, 0.2) is 21.7 Å². The van der Waals surface area contributed by atoms with Crippen molar-refractivity contribution in [2.24, 2.45) is 33.7 Å². The van der Waals surface area contributed by atoms with Crippen molar-refractivity contribution in [3.63, 3.8) is 0 Å². The highest BCUT2D eigenvalue weighted by Gasteiger charge is 2.52. The van der Waals surface area contributed by atoms with Crippen LogP contribution in [-0.2, 0) is 30.0 Å². The molecule has 0 N–H and O–H groups in total. The molecule has 0 radical (unpaired) electrons. The molecular formula is C36H34N2O4S3. The summed E-state index contributed by atoms with van der Waals surface area (Å²) in [6.07, 6.45) is 9.35. The van der Waals surface area contributed by atoms with Crippen molar-refractivity contribution < 1.29 is 19.2 Å². The Balaban J connectivity index is 1.08. The first-order valence-electron chi connectivity index (χ1n) is 16.3. The van der Waals surface area contributed by atoms with Gasteiger partial charge in [-0.2, -0.15) is 0 Å². The van der Waals surface area contributed by atoms with Gasteiger partial charge in [-0.3, -0.25) is 19.2 Å². The highest BCUT2D eigenvalue weighted by Crippen LogP contribution is 2.64. The quantitative estimate of drug-likeness (QED) is 0.277. The molecule has 3 aromatic heterocycles. The molecule has 3 aromatic rings. The average molecular weight is 655 g/mol. The van der Waals surface area contributed by atoms with E-state index in [1.807, 2.05) is 0 Å². The van der Waals surface area contributed by atoms with E-state index in [9.17, 15) is 19.2 Å². The largest absolute Gasteiger partial charge is 0.292 e. The molecule has 4 saturated carbocycles. The maximum absolute atomic E-state index is 13.3. The predicted molar refractivity (Wildman–Crippen MR) is 182 cm³/mol. The molecule has 0 spiro atoms. The predicted octanol–water partition coefficient (Wildman–Crippen LogP) is 8.39. The maximum atomic E-state index is 13.3. The first-order valence-corrected chi connectivity index (χ1v) is 18.7. The van der Waals surface area contributed by atoms with Gasteiger partial charge in [0.05, 0.1) is 15.3 Å². The van der Waals surface area contributed by atoms with E-state index in [4.69, 9.17) is 9.98 Å². The van der Waals surface area contributed by atoms with E-state index in [0.717, 1.165) is 66.8 Å². The standard InChI is InChI=1S/C36H34N2O4S3/c1-35(2)21(37-26-28(39)15-9-5-6-10-16(15)29(26)40)13-19-23(35)24-33(43-19)34-25(36(24,3)4)32-20(44-34)14-22(45-32)38-27-30(41)17-11-7-8-12-18(17)31(27)42/h13-18H,5-12H2,1-4H3. The van der Waals surface area contributed by atoms with Crippen molar-refractivity contribution in [2.45, 2.75) is 89.9 Å². The second-order valence-electron chi connectivity index (χ2n) is 14.8. The fourth-order valence-electron chi connectivity index (χ4n) is 9.23. The zero-order valence-corrected chi connectivity index (χ0v) is 28.3. The summed E-state index contributed by atoms with van der Waals surface area (Å²) < 4.78 is 2.33. The highest BCUT2D eigenvalue weighted by atomic mass is 32.1. The lowest BCUT2D eigenvalue weighted by molar-refractivity contribution is -0.120. The molecule has 3 heterocycles. The number of Topliss-reactive ketones (excluding diaryl/α,β-unsaturated/α-hetero) is 4. The molecule has 4 fully saturated rings. The van der Waals surface area contributed by atoms with Gasteiger partial charge in [0.15, 0.2) is 28.8 Å². The van der Waals surface area contributed by atoms with Crippen LogP contribution in [-0.4, -0.2) is 34.6 Å². The smallest absolute Gasteiger partial charge is 0.188 e. The van der Waals surface area contributed by atoms with E-state index in [0.29, 0.717) is 0 Å². The van der Waals surface area contributed by atoms with Crippen LogP contribution in [0.25, 0.3) is 25.2 Å². The van der Waals surface area contributed by atoms with Gasteiger partial charge in [-0.15, -0.1) is 34.0 Å². The van der Waals surface area contributed by atoms with Gasteiger partial charge in [0.2, 0.25) is 0 Å². The summed E-state index contributed by atoms with van der Waals surface area (Å²) in [6, 6.07) is 2.06. The number of nitrogens with zero attached hydrogens (tertiary/aromatic N) is 2. The summed E-state index contributed by atoms with van der Waals surface area (Å²) in [5.74, 6) is -0.924. The summed E-state index contributed by atoms with van der Waals surface area (Å²) >= 11 is 5.15. The van der Waals surface area contributed by atoms with Crippen LogP contribution in [0.4, 0.5) is 5.00 Å². The minimum absolute atomic E-state index is 0.0522. The van der Waals surface area contributed by atoms with Crippen LogP contribution >= 0.6 is 34.0 Å². The minimum Gasteiger partial charge on any atom is -0.292 e. The topological polar surface area (TPSA) is 93.0 Å². The lowest BCUT2D eigenvalue weighted by atomic mass is 9.75. The van der Waals surface area contributed by atoms with E-state index in [1.54, 1.807) is 34.0 Å². The molecule has 6 nitrogen and oxygen atoms in total. The van der Waals surface area contributed by atoms with E-state index >= 15 is 0 Å². The molecule has 4 atom stereocenters. The van der Waals surface area contributed by atoms with Crippen molar-refractivity contribution in [3.05, 3.63) is 33.3 Å². The zero-order chi connectivity index (χ0) is 31.2. The molecule has 0 amide bonds. The van der Waals surface area contributed by atoms with Gasteiger partial charge < -0.3 is 0 Å². The van der Waals surface area contributed by atoms with Crippen molar-refractivity contribution in [1.29, 1.82) is 0 Å². The number of hydrogen-bond acceptors (Lipinski definition) is 9.